The molecule has 0 aliphatic carbocycles. The number of carboxylic acid groups (broad SMARTS) is 1. The Balaban J connectivity index is 2.10. The van der Waals surface area contributed by atoms with Crippen LogP contribution >= 0.6 is 39.0 Å². The van der Waals surface area contributed by atoms with E-state index in [1.807, 2.05) is 11.4 Å². The number of halogens is 1. The summed E-state index contributed by atoms with van der Waals surface area (Å²) < 4.78 is 1.01. The van der Waals surface area contributed by atoms with Crippen molar-refractivity contribution in [3.05, 3.63) is 15.2 Å². The van der Waals surface area contributed by atoms with Crippen LogP contribution < -0.4 is 0 Å². The highest BCUT2D eigenvalue weighted by molar-refractivity contribution is 9.11. The van der Waals surface area contributed by atoms with Crippen LogP contribution in [0.2, 0.25) is 0 Å². The molecule has 0 aliphatic rings. The highest BCUT2D eigenvalue weighted by Crippen LogP contribution is 2.27. The summed E-state index contributed by atoms with van der Waals surface area (Å²) in [5.74, 6) is -0.269. The molecule has 2 aromatic heterocycles. The van der Waals surface area contributed by atoms with Crippen LogP contribution in [0.25, 0.3) is 11.4 Å². The number of hydrogen-bond donors (Lipinski definition) is 2. The van der Waals surface area contributed by atoms with Gasteiger partial charge in [0.25, 0.3) is 0 Å². The fraction of sp³-hybridized carbons (Fsp3) is 0.125. The molecule has 0 amide bonds. The summed E-state index contributed by atoms with van der Waals surface area (Å²) >= 11 is 6.00. The third kappa shape index (κ3) is 2.83. The Morgan fingerprint density at radius 1 is 1.69 bits per heavy atom. The van der Waals surface area contributed by atoms with Gasteiger partial charge in [-0.05, 0) is 22.0 Å². The quantitative estimate of drug-likeness (QED) is 0.846. The molecule has 0 bridgehead atoms. The topological polar surface area (TPSA) is 78.9 Å². The predicted octanol–water partition coefficient (Wildman–Crippen LogP) is 2.47. The second-order valence-electron chi connectivity index (χ2n) is 2.79. The van der Waals surface area contributed by atoms with Gasteiger partial charge in [-0.15, -0.1) is 16.4 Å². The van der Waals surface area contributed by atoms with Crippen LogP contribution in [-0.2, 0) is 4.79 Å². The first-order chi connectivity index (χ1) is 7.65. The minimum absolute atomic E-state index is 0.0371. The lowest BCUT2D eigenvalue weighted by Crippen LogP contribution is -1.97. The number of aromatic amines is 1. The Bertz CT molecular complexity index is 511. The van der Waals surface area contributed by atoms with E-state index in [4.69, 9.17) is 5.11 Å². The molecule has 16 heavy (non-hydrogen) atoms. The maximum absolute atomic E-state index is 10.4. The zero-order valence-electron chi connectivity index (χ0n) is 7.81. The Morgan fingerprint density at radius 3 is 3.12 bits per heavy atom. The highest BCUT2D eigenvalue weighted by Gasteiger charge is 2.09. The summed E-state index contributed by atoms with van der Waals surface area (Å²) in [6, 6.07) is 1.93. The number of aromatic nitrogens is 3. The smallest absolute Gasteiger partial charge is 0.313 e. The van der Waals surface area contributed by atoms with Gasteiger partial charge in [-0.1, -0.05) is 11.8 Å². The number of H-pyrrole nitrogens is 1. The number of hydrogen-bond acceptors (Lipinski definition) is 5. The van der Waals surface area contributed by atoms with E-state index in [0.717, 1.165) is 21.1 Å². The summed E-state index contributed by atoms with van der Waals surface area (Å²) in [6.45, 7) is 0. The molecule has 8 heteroatoms. The fourth-order valence-electron chi connectivity index (χ4n) is 1.00. The predicted molar refractivity (Wildman–Crippen MR) is 65.8 cm³/mol. The molecule has 84 valence electrons. The summed E-state index contributed by atoms with van der Waals surface area (Å²) in [5.41, 5.74) is 0.937. The molecule has 2 N–H and O–H groups in total. The zero-order valence-corrected chi connectivity index (χ0v) is 11.0. The summed E-state index contributed by atoms with van der Waals surface area (Å²) in [5, 5.41) is 17.6. The normalized spacial score (nSPS) is 10.6. The van der Waals surface area contributed by atoms with Gasteiger partial charge in [0.1, 0.15) is 0 Å². The van der Waals surface area contributed by atoms with Gasteiger partial charge < -0.3 is 5.11 Å². The molecular formula is C8H6BrN3O2S2. The number of carbonyl (C=O) groups is 1. The summed E-state index contributed by atoms with van der Waals surface area (Å²) in [4.78, 5) is 14.5. The van der Waals surface area contributed by atoms with Gasteiger partial charge in [-0.25, -0.2) is 4.98 Å². The lowest BCUT2D eigenvalue weighted by atomic mass is 10.3. The number of thioether (sulfide) groups is 1. The minimum Gasteiger partial charge on any atom is -0.481 e. The van der Waals surface area contributed by atoms with Gasteiger partial charge in [0.15, 0.2) is 5.82 Å². The van der Waals surface area contributed by atoms with Crippen molar-refractivity contribution in [1.29, 1.82) is 0 Å². The first-order valence-corrected chi connectivity index (χ1v) is 6.82. The van der Waals surface area contributed by atoms with Crippen molar-refractivity contribution in [2.75, 3.05) is 5.75 Å². The van der Waals surface area contributed by atoms with Crippen molar-refractivity contribution in [2.45, 2.75) is 5.16 Å². The molecule has 0 saturated carbocycles. The van der Waals surface area contributed by atoms with Crippen molar-refractivity contribution >= 4 is 45.0 Å². The van der Waals surface area contributed by atoms with E-state index in [0.29, 0.717) is 11.0 Å². The van der Waals surface area contributed by atoms with Crippen LogP contribution in [0.4, 0.5) is 0 Å². The van der Waals surface area contributed by atoms with Gasteiger partial charge in [-0.2, -0.15) is 0 Å². The van der Waals surface area contributed by atoms with Gasteiger partial charge in [-0.3, -0.25) is 9.89 Å². The number of nitrogens with zero attached hydrogens (tertiary/aromatic N) is 2. The van der Waals surface area contributed by atoms with E-state index in [9.17, 15) is 4.79 Å². The van der Waals surface area contributed by atoms with E-state index < -0.39 is 5.97 Å². The average molecular weight is 320 g/mol. The van der Waals surface area contributed by atoms with Crippen LogP contribution in [0.5, 0.6) is 0 Å². The molecule has 2 aromatic rings. The van der Waals surface area contributed by atoms with E-state index in [2.05, 4.69) is 31.1 Å². The average Bonchev–Trinajstić information content (AvgIpc) is 2.83. The lowest BCUT2D eigenvalue weighted by Gasteiger charge is -1.88. The molecule has 2 heterocycles. The standard InChI is InChI=1S/C8H6BrN3O2S2/c9-5-1-4(2-15-5)7-10-8(12-11-7)16-3-6(13)14/h1-2H,3H2,(H,13,14)(H,10,11,12). The number of aliphatic carboxylic acids is 1. The summed E-state index contributed by atoms with van der Waals surface area (Å²) in [6.07, 6.45) is 0. The molecule has 0 aliphatic heterocycles. The summed E-state index contributed by atoms with van der Waals surface area (Å²) in [7, 11) is 0. The molecule has 0 radical (unpaired) electrons. The zero-order chi connectivity index (χ0) is 11.5. The van der Waals surface area contributed by atoms with E-state index in [1.54, 1.807) is 11.3 Å². The number of thiophene rings is 1. The molecule has 2 rings (SSSR count). The van der Waals surface area contributed by atoms with Crippen molar-refractivity contribution < 1.29 is 9.90 Å². The van der Waals surface area contributed by atoms with E-state index in [-0.39, 0.29) is 5.75 Å². The van der Waals surface area contributed by atoms with E-state index >= 15 is 0 Å². The Labute approximate surface area is 107 Å². The molecule has 0 spiro atoms. The number of nitrogens with one attached hydrogen (secondary N) is 1. The molecule has 0 unspecified atom stereocenters. The first-order valence-electron chi connectivity index (χ1n) is 4.16. The van der Waals surface area contributed by atoms with Crippen molar-refractivity contribution in [3.63, 3.8) is 0 Å². The maximum atomic E-state index is 10.4. The fourth-order valence-corrected chi connectivity index (χ4v) is 2.66. The number of rotatable bonds is 4. The Hall–Kier alpha value is -0.860. The Morgan fingerprint density at radius 2 is 2.50 bits per heavy atom. The first kappa shape index (κ1) is 11.6. The SMILES string of the molecule is O=C(O)CSc1n[nH]c(-c2csc(Br)c2)n1. The maximum Gasteiger partial charge on any atom is 0.313 e. The van der Waals surface area contributed by atoms with Gasteiger partial charge in [0.05, 0.1) is 9.54 Å². The van der Waals surface area contributed by atoms with Crippen molar-refractivity contribution in [1.82, 2.24) is 15.2 Å². The largest absolute Gasteiger partial charge is 0.481 e. The van der Waals surface area contributed by atoms with Gasteiger partial charge >= 0.3 is 5.97 Å². The van der Waals surface area contributed by atoms with Gasteiger partial charge in [0.2, 0.25) is 5.16 Å². The second kappa shape index (κ2) is 4.98. The monoisotopic (exact) mass is 319 g/mol. The van der Waals surface area contributed by atoms with Crippen LogP contribution in [0.15, 0.2) is 20.4 Å². The molecule has 0 atom stereocenters. The molecule has 0 saturated heterocycles. The van der Waals surface area contributed by atoms with Crippen LogP contribution in [0.3, 0.4) is 0 Å². The Kier molecular flexibility index (Phi) is 3.62. The van der Waals surface area contributed by atoms with Crippen LogP contribution in [-0.4, -0.2) is 32.0 Å². The van der Waals surface area contributed by atoms with Crippen molar-refractivity contribution in [3.8, 4) is 11.4 Å². The lowest BCUT2D eigenvalue weighted by molar-refractivity contribution is -0.133. The van der Waals surface area contributed by atoms with Gasteiger partial charge in [0, 0.05) is 10.9 Å². The van der Waals surface area contributed by atoms with Crippen LogP contribution in [0.1, 0.15) is 0 Å². The van der Waals surface area contributed by atoms with E-state index in [1.165, 1.54) is 0 Å². The third-order valence-electron chi connectivity index (χ3n) is 1.63. The van der Waals surface area contributed by atoms with Crippen LogP contribution in [0, 0.1) is 0 Å². The molecule has 5 nitrogen and oxygen atoms in total. The highest BCUT2D eigenvalue weighted by atomic mass is 79.9. The molecular weight excluding hydrogens is 314 g/mol. The molecule has 0 fully saturated rings. The second-order valence-corrected chi connectivity index (χ2v) is 6.02. The number of carboxylic acids is 1. The van der Waals surface area contributed by atoms with Crippen molar-refractivity contribution in [2.24, 2.45) is 0 Å². The third-order valence-corrected chi connectivity index (χ3v) is 3.97. The molecule has 0 aromatic carbocycles. The minimum atomic E-state index is -0.880.